The standard InChI is InChI=1S/C22H19NO2/c1-23-18-10-6-5-9-17(18)20(16-7-3-2-4-8-16)21(22(23)25)19(24)14-13-15-11-12-15/h2-10,13-15H,11-12H2,1H3/b14-13+. The van der Waals surface area contributed by atoms with Crippen molar-refractivity contribution in [1.29, 1.82) is 0 Å². The van der Waals surface area contributed by atoms with Crippen LogP contribution >= 0.6 is 0 Å². The van der Waals surface area contributed by atoms with E-state index in [0.29, 0.717) is 5.92 Å². The van der Waals surface area contributed by atoms with Crippen LogP contribution in [0, 0.1) is 5.92 Å². The number of hydrogen-bond donors (Lipinski definition) is 0. The lowest BCUT2D eigenvalue weighted by Crippen LogP contribution is -2.25. The second-order valence-corrected chi connectivity index (χ2v) is 6.56. The number of aromatic nitrogens is 1. The highest BCUT2D eigenvalue weighted by Crippen LogP contribution is 2.32. The average Bonchev–Trinajstić information content (AvgIpc) is 3.47. The Morgan fingerprint density at radius 3 is 2.44 bits per heavy atom. The van der Waals surface area contributed by atoms with Crippen molar-refractivity contribution >= 4 is 16.7 Å². The van der Waals surface area contributed by atoms with Gasteiger partial charge >= 0.3 is 0 Å². The summed E-state index contributed by atoms with van der Waals surface area (Å²) in [4.78, 5) is 25.9. The molecule has 0 N–H and O–H groups in total. The molecule has 0 radical (unpaired) electrons. The zero-order chi connectivity index (χ0) is 17.4. The Balaban J connectivity index is 2.04. The highest BCUT2D eigenvalue weighted by atomic mass is 16.1. The summed E-state index contributed by atoms with van der Waals surface area (Å²) in [5, 5.41) is 0.916. The predicted molar refractivity (Wildman–Crippen MR) is 101 cm³/mol. The molecule has 1 aliphatic carbocycles. The largest absolute Gasteiger partial charge is 0.311 e. The zero-order valence-electron chi connectivity index (χ0n) is 14.1. The zero-order valence-corrected chi connectivity index (χ0v) is 14.1. The molecular formula is C22H19NO2. The van der Waals surface area contributed by atoms with Crippen LogP contribution in [0.1, 0.15) is 23.2 Å². The molecule has 1 heterocycles. The Bertz CT molecular complexity index is 1040. The Morgan fingerprint density at radius 1 is 1.04 bits per heavy atom. The Kier molecular flexibility index (Phi) is 3.85. The molecule has 0 atom stereocenters. The van der Waals surface area contributed by atoms with Gasteiger partial charge in [-0.25, -0.2) is 0 Å². The first-order valence-corrected chi connectivity index (χ1v) is 8.56. The minimum absolute atomic E-state index is 0.211. The fourth-order valence-electron chi connectivity index (χ4n) is 3.22. The second-order valence-electron chi connectivity index (χ2n) is 6.56. The average molecular weight is 329 g/mol. The van der Waals surface area contributed by atoms with E-state index in [0.717, 1.165) is 34.9 Å². The lowest BCUT2D eigenvalue weighted by atomic mass is 9.93. The van der Waals surface area contributed by atoms with Crippen LogP contribution in [0.2, 0.25) is 0 Å². The van der Waals surface area contributed by atoms with Gasteiger partial charge in [0, 0.05) is 18.0 Å². The summed E-state index contributed by atoms with van der Waals surface area (Å²) >= 11 is 0. The van der Waals surface area contributed by atoms with E-state index in [2.05, 4.69) is 0 Å². The summed E-state index contributed by atoms with van der Waals surface area (Å²) in [6, 6.07) is 17.4. The molecule has 0 aliphatic heterocycles. The molecule has 1 fully saturated rings. The molecule has 3 heteroatoms. The molecule has 0 unspecified atom stereocenters. The van der Waals surface area contributed by atoms with Crippen LogP contribution < -0.4 is 5.56 Å². The normalized spacial score (nSPS) is 14.3. The monoisotopic (exact) mass is 329 g/mol. The fraction of sp³-hybridized carbons (Fsp3) is 0.182. The fourth-order valence-corrected chi connectivity index (χ4v) is 3.22. The van der Waals surface area contributed by atoms with Gasteiger partial charge in [0.25, 0.3) is 5.56 Å². The third-order valence-corrected chi connectivity index (χ3v) is 4.75. The third kappa shape index (κ3) is 2.82. The van der Waals surface area contributed by atoms with Crippen molar-refractivity contribution in [2.24, 2.45) is 13.0 Å². The minimum atomic E-state index is -0.247. The summed E-state index contributed by atoms with van der Waals surface area (Å²) in [6.07, 6.45) is 5.78. The third-order valence-electron chi connectivity index (χ3n) is 4.75. The van der Waals surface area contributed by atoms with Gasteiger partial charge in [-0.1, -0.05) is 54.6 Å². The molecular weight excluding hydrogens is 310 g/mol. The van der Waals surface area contributed by atoms with Gasteiger partial charge in [-0.2, -0.15) is 0 Å². The van der Waals surface area contributed by atoms with Crippen molar-refractivity contribution in [3.05, 3.63) is 82.7 Å². The first-order chi connectivity index (χ1) is 12.2. The van der Waals surface area contributed by atoms with E-state index in [-0.39, 0.29) is 16.9 Å². The number of nitrogens with zero attached hydrogens (tertiary/aromatic N) is 1. The summed E-state index contributed by atoms with van der Waals surface area (Å²) < 4.78 is 1.57. The first kappa shape index (κ1) is 15.6. The van der Waals surface area contributed by atoms with E-state index in [1.54, 1.807) is 17.7 Å². The van der Waals surface area contributed by atoms with Crippen molar-refractivity contribution in [3.63, 3.8) is 0 Å². The van der Waals surface area contributed by atoms with E-state index < -0.39 is 0 Å². The van der Waals surface area contributed by atoms with Gasteiger partial charge in [-0.15, -0.1) is 0 Å². The van der Waals surface area contributed by atoms with E-state index in [4.69, 9.17) is 0 Å². The summed E-state index contributed by atoms with van der Waals surface area (Å²) in [6.45, 7) is 0. The maximum Gasteiger partial charge on any atom is 0.262 e. The van der Waals surface area contributed by atoms with Crippen molar-refractivity contribution in [1.82, 2.24) is 4.57 Å². The number of carbonyl (C=O) groups excluding carboxylic acids is 1. The van der Waals surface area contributed by atoms with E-state index >= 15 is 0 Å². The molecule has 0 amide bonds. The predicted octanol–water partition coefficient (Wildman–Crippen LogP) is 4.35. The number of carbonyl (C=O) groups is 1. The van der Waals surface area contributed by atoms with Crippen molar-refractivity contribution < 1.29 is 4.79 Å². The molecule has 1 aromatic heterocycles. The van der Waals surface area contributed by atoms with E-state index in [1.807, 2.05) is 60.7 Å². The highest BCUT2D eigenvalue weighted by molar-refractivity contribution is 6.13. The molecule has 124 valence electrons. The topological polar surface area (TPSA) is 39.1 Å². The number of ketones is 1. The van der Waals surface area contributed by atoms with Gasteiger partial charge in [0.15, 0.2) is 5.78 Å². The molecule has 3 nitrogen and oxygen atoms in total. The van der Waals surface area contributed by atoms with Gasteiger partial charge in [0.1, 0.15) is 0 Å². The molecule has 2 aromatic carbocycles. The summed E-state index contributed by atoms with van der Waals surface area (Å²) in [5.41, 5.74) is 2.45. The molecule has 1 saturated carbocycles. The maximum atomic E-state index is 13.0. The van der Waals surface area contributed by atoms with Crippen LogP contribution in [0.3, 0.4) is 0 Å². The lowest BCUT2D eigenvalue weighted by molar-refractivity contribution is 0.104. The number of aryl methyl sites for hydroxylation is 1. The van der Waals surface area contributed by atoms with Gasteiger partial charge in [-0.3, -0.25) is 9.59 Å². The maximum absolute atomic E-state index is 13.0. The number of hydrogen-bond acceptors (Lipinski definition) is 2. The van der Waals surface area contributed by atoms with Crippen LogP contribution in [-0.2, 0) is 7.05 Å². The van der Waals surface area contributed by atoms with Crippen molar-refractivity contribution in [2.45, 2.75) is 12.8 Å². The van der Waals surface area contributed by atoms with Crippen molar-refractivity contribution in [2.75, 3.05) is 0 Å². The van der Waals surface area contributed by atoms with E-state index in [9.17, 15) is 9.59 Å². The second kappa shape index (κ2) is 6.17. The number of para-hydroxylation sites is 1. The van der Waals surface area contributed by atoms with Crippen LogP contribution in [0.5, 0.6) is 0 Å². The molecule has 0 bridgehead atoms. The van der Waals surface area contributed by atoms with Crippen LogP contribution in [0.4, 0.5) is 0 Å². The summed E-state index contributed by atoms with van der Waals surface area (Å²) in [7, 11) is 1.72. The molecule has 1 aliphatic rings. The molecule has 25 heavy (non-hydrogen) atoms. The van der Waals surface area contributed by atoms with Crippen LogP contribution in [0.25, 0.3) is 22.0 Å². The Hall–Kier alpha value is -2.94. The SMILES string of the molecule is Cn1c(=O)c(C(=O)/C=C/C2CC2)c(-c2ccccc2)c2ccccc21. The molecule has 0 saturated heterocycles. The molecule has 4 rings (SSSR count). The number of allylic oxidation sites excluding steroid dienone is 2. The van der Waals surface area contributed by atoms with Crippen LogP contribution in [0.15, 0.2) is 71.5 Å². The smallest absolute Gasteiger partial charge is 0.262 e. The summed E-state index contributed by atoms with van der Waals surface area (Å²) in [5.74, 6) is 0.283. The van der Waals surface area contributed by atoms with Crippen molar-refractivity contribution in [3.8, 4) is 11.1 Å². The van der Waals surface area contributed by atoms with Gasteiger partial charge in [0.2, 0.25) is 0 Å². The van der Waals surface area contributed by atoms with Gasteiger partial charge in [0.05, 0.1) is 11.1 Å². The Morgan fingerprint density at radius 2 is 1.72 bits per heavy atom. The van der Waals surface area contributed by atoms with Crippen LogP contribution in [-0.4, -0.2) is 10.4 Å². The van der Waals surface area contributed by atoms with Gasteiger partial charge < -0.3 is 4.57 Å². The highest BCUT2D eigenvalue weighted by Gasteiger charge is 2.22. The quantitative estimate of drug-likeness (QED) is 0.527. The van der Waals surface area contributed by atoms with E-state index in [1.165, 1.54) is 0 Å². The van der Waals surface area contributed by atoms with Gasteiger partial charge in [-0.05, 0) is 36.5 Å². The number of fused-ring (bicyclic) bond motifs is 1. The molecule has 3 aromatic rings. The minimum Gasteiger partial charge on any atom is -0.311 e. The Labute approximate surface area is 146 Å². The lowest BCUT2D eigenvalue weighted by Gasteiger charge is -2.14. The number of benzene rings is 2. The first-order valence-electron chi connectivity index (χ1n) is 8.56. The molecule has 0 spiro atoms. The number of rotatable bonds is 4. The number of pyridine rings is 1.